The van der Waals surface area contributed by atoms with Crippen molar-refractivity contribution in [3.8, 4) is 0 Å². The monoisotopic (exact) mass is 269 g/mol. The molecule has 1 N–H and O–H groups in total. The number of hydrogen-bond acceptors (Lipinski definition) is 2. The van der Waals surface area contributed by atoms with Crippen molar-refractivity contribution in [2.24, 2.45) is 0 Å². The second-order valence-electron chi connectivity index (χ2n) is 3.94. The molecular weight excluding hydrogens is 257 g/mol. The molecule has 0 aliphatic heterocycles. The van der Waals surface area contributed by atoms with Crippen molar-refractivity contribution >= 4 is 22.9 Å². The summed E-state index contributed by atoms with van der Waals surface area (Å²) in [6, 6.07) is 6.93. The SMILES string of the molecule is CC(NCc1cc(F)cc(Cl)c1)c1ccsc1. The summed E-state index contributed by atoms with van der Waals surface area (Å²) in [6.07, 6.45) is 0. The summed E-state index contributed by atoms with van der Waals surface area (Å²) in [6.45, 7) is 2.69. The molecule has 2 rings (SSSR count). The molecular formula is C13H13ClFNS. The van der Waals surface area contributed by atoms with Crippen molar-refractivity contribution in [2.45, 2.75) is 19.5 Å². The second kappa shape index (κ2) is 5.63. The molecule has 0 aliphatic rings. The van der Waals surface area contributed by atoms with E-state index in [1.807, 2.05) is 5.38 Å². The summed E-state index contributed by atoms with van der Waals surface area (Å²) in [4.78, 5) is 0. The van der Waals surface area contributed by atoms with Gasteiger partial charge in [0.25, 0.3) is 0 Å². The number of nitrogens with one attached hydrogen (secondary N) is 1. The average molecular weight is 270 g/mol. The van der Waals surface area contributed by atoms with Gasteiger partial charge in [-0.1, -0.05) is 11.6 Å². The van der Waals surface area contributed by atoms with Gasteiger partial charge >= 0.3 is 0 Å². The van der Waals surface area contributed by atoms with Crippen LogP contribution < -0.4 is 5.32 Å². The van der Waals surface area contributed by atoms with Crippen LogP contribution in [0.25, 0.3) is 0 Å². The van der Waals surface area contributed by atoms with E-state index in [0.717, 1.165) is 5.56 Å². The third kappa shape index (κ3) is 3.53. The summed E-state index contributed by atoms with van der Waals surface area (Å²) < 4.78 is 13.1. The van der Waals surface area contributed by atoms with Gasteiger partial charge in [0.05, 0.1) is 0 Å². The topological polar surface area (TPSA) is 12.0 Å². The van der Waals surface area contributed by atoms with E-state index in [2.05, 4.69) is 23.7 Å². The molecule has 90 valence electrons. The zero-order valence-electron chi connectivity index (χ0n) is 9.41. The Morgan fingerprint density at radius 1 is 1.41 bits per heavy atom. The van der Waals surface area contributed by atoms with E-state index >= 15 is 0 Å². The molecule has 17 heavy (non-hydrogen) atoms. The molecule has 0 radical (unpaired) electrons. The van der Waals surface area contributed by atoms with Crippen LogP contribution in [0.3, 0.4) is 0 Å². The Balaban J connectivity index is 1.98. The van der Waals surface area contributed by atoms with E-state index in [1.54, 1.807) is 17.4 Å². The average Bonchev–Trinajstić information content (AvgIpc) is 2.78. The van der Waals surface area contributed by atoms with Crippen molar-refractivity contribution in [1.29, 1.82) is 0 Å². The van der Waals surface area contributed by atoms with Gasteiger partial charge in [-0.25, -0.2) is 4.39 Å². The molecule has 2 aromatic rings. The standard InChI is InChI=1S/C13H13ClFNS/c1-9(11-2-3-17-8-11)16-7-10-4-12(14)6-13(15)5-10/h2-6,8-9,16H,7H2,1H3. The predicted molar refractivity (Wildman–Crippen MR) is 71.0 cm³/mol. The van der Waals surface area contributed by atoms with E-state index in [0.29, 0.717) is 11.6 Å². The van der Waals surface area contributed by atoms with Crippen LogP contribution in [0.4, 0.5) is 4.39 Å². The Morgan fingerprint density at radius 2 is 2.24 bits per heavy atom. The van der Waals surface area contributed by atoms with Crippen LogP contribution in [-0.2, 0) is 6.54 Å². The van der Waals surface area contributed by atoms with E-state index in [4.69, 9.17) is 11.6 Å². The number of thiophene rings is 1. The van der Waals surface area contributed by atoms with Gasteiger partial charge in [0, 0.05) is 17.6 Å². The van der Waals surface area contributed by atoms with Gasteiger partial charge < -0.3 is 5.32 Å². The van der Waals surface area contributed by atoms with Gasteiger partial charge in [0.2, 0.25) is 0 Å². The lowest BCUT2D eigenvalue weighted by Gasteiger charge is -2.12. The van der Waals surface area contributed by atoms with Gasteiger partial charge in [-0.15, -0.1) is 0 Å². The largest absolute Gasteiger partial charge is 0.306 e. The lowest BCUT2D eigenvalue weighted by molar-refractivity contribution is 0.570. The minimum Gasteiger partial charge on any atom is -0.306 e. The Hall–Kier alpha value is -0.900. The fourth-order valence-corrected chi connectivity index (χ4v) is 2.62. The van der Waals surface area contributed by atoms with Crippen LogP contribution in [0.1, 0.15) is 24.1 Å². The highest BCUT2D eigenvalue weighted by Gasteiger charge is 2.06. The lowest BCUT2D eigenvalue weighted by Crippen LogP contribution is -2.17. The first kappa shape index (κ1) is 12.6. The first-order chi connectivity index (χ1) is 8.15. The highest BCUT2D eigenvalue weighted by atomic mass is 35.5. The predicted octanol–water partition coefficient (Wildman–Crippen LogP) is 4.39. The Bertz CT molecular complexity index is 464. The molecule has 1 nitrogen and oxygen atoms in total. The van der Waals surface area contributed by atoms with Crippen LogP contribution in [0.15, 0.2) is 35.0 Å². The van der Waals surface area contributed by atoms with Crippen molar-refractivity contribution in [1.82, 2.24) is 5.32 Å². The van der Waals surface area contributed by atoms with E-state index < -0.39 is 0 Å². The van der Waals surface area contributed by atoms with Crippen molar-refractivity contribution < 1.29 is 4.39 Å². The lowest BCUT2D eigenvalue weighted by atomic mass is 10.1. The fourth-order valence-electron chi connectivity index (χ4n) is 1.62. The summed E-state index contributed by atoms with van der Waals surface area (Å²) in [5.41, 5.74) is 2.11. The molecule has 1 aromatic heterocycles. The number of halogens is 2. The molecule has 0 saturated carbocycles. The van der Waals surface area contributed by atoms with Gasteiger partial charge in [-0.2, -0.15) is 11.3 Å². The molecule has 0 bridgehead atoms. The molecule has 0 aliphatic carbocycles. The third-order valence-electron chi connectivity index (χ3n) is 2.58. The summed E-state index contributed by atoms with van der Waals surface area (Å²) in [5, 5.41) is 7.93. The Kier molecular flexibility index (Phi) is 4.15. The maximum atomic E-state index is 13.1. The fraction of sp³-hybridized carbons (Fsp3) is 0.231. The normalized spacial score (nSPS) is 12.6. The highest BCUT2D eigenvalue weighted by Crippen LogP contribution is 2.18. The van der Waals surface area contributed by atoms with Crippen molar-refractivity contribution in [2.75, 3.05) is 0 Å². The van der Waals surface area contributed by atoms with Crippen LogP contribution in [0.2, 0.25) is 5.02 Å². The van der Waals surface area contributed by atoms with Crippen molar-refractivity contribution in [3.05, 3.63) is 57.0 Å². The molecule has 4 heteroatoms. The van der Waals surface area contributed by atoms with E-state index in [1.165, 1.54) is 17.7 Å². The second-order valence-corrected chi connectivity index (χ2v) is 5.15. The molecule has 0 saturated heterocycles. The molecule has 0 fully saturated rings. The van der Waals surface area contributed by atoms with Crippen LogP contribution in [0.5, 0.6) is 0 Å². The maximum absolute atomic E-state index is 13.1. The van der Waals surface area contributed by atoms with Gasteiger partial charge in [0.1, 0.15) is 5.82 Å². The number of benzene rings is 1. The number of hydrogen-bond donors (Lipinski definition) is 1. The molecule has 0 amide bonds. The quantitative estimate of drug-likeness (QED) is 0.868. The van der Waals surface area contributed by atoms with Crippen LogP contribution in [-0.4, -0.2) is 0 Å². The Labute approximate surface area is 109 Å². The zero-order valence-corrected chi connectivity index (χ0v) is 11.0. The maximum Gasteiger partial charge on any atom is 0.125 e. The Morgan fingerprint density at radius 3 is 2.88 bits per heavy atom. The summed E-state index contributed by atoms with van der Waals surface area (Å²) in [7, 11) is 0. The van der Waals surface area contributed by atoms with Crippen molar-refractivity contribution in [3.63, 3.8) is 0 Å². The molecule has 1 heterocycles. The first-order valence-electron chi connectivity index (χ1n) is 5.35. The molecule has 1 unspecified atom stereocenters. The van der Waals surface area contributed by atoms with Gasteiger partial charge in [0.15, 0.2) is 0 Å². The summed E-state index contributed by atoms with van der Waals surface area (Å²) >= 11 is 7.47. The first-order valence-corrected chi connectivity index (χ1v) is 6.67. The highest BCUT2D eigenvalue weighted by molar-refractivity contribution is 7.07. The minimum atomic E-state index is -0.294. The van der Waals surface area contributed by atoms with E-state index in [9.17, 15) is 4.39 Å². The van der Waals surface area contributed by atoms with E-state index in [-0.39, 0.29) is 11.9 Å². The van der Waals surface area contributed by atoms with Crippen LogP contribution in [0, 0.1) is 5.82 Å². The molecule has 1 atom stereocenters. The third-order valence-corrected chi connectivity index (χ3v) is 3.50. The zero-order chi connectivity index (χ0) is 12.3. The molecule has 1 aromatic carbocycles. The van der Waals surface area contributed by atoms with Gasteiger partial charge in [-0.3, -0.25) is 0 Å². The summed E-state index contributed by atoms with van der Waals surface area (Å²) in [5.74, 6) is -0.294. The van der Waals surface area contributed by atoms with Crippen LogP contribution >= 0.6 is 22.9 Å². The smallest absolute Gasteiger partial charge is 0.125 e. The minimum absolute atomic E-state index is 0.253. The number of rotatable bonds is 4. The molecule has 0 spiro atoms. The van der Waals surface area contributed by atoms with Gasteiger partial charge in [-0.05, 0) is 53.1 Å².